The molecule has 1 aromatic rings. The molecule has 0 saturated carbocycles. The van der Waals surface area contributed by atoms with E-state index in [0.29, 0.717) is 18.4 Å². The molecule has 1 amide bonds. The second-order valence-corrected chi connectivity index (χ2v) is 6.64. The van der Waals surface area contributed by atoms with Crippen molar-refractivity contribution in [1.29, 1.82) is 0 Å². The van der Waals surface area contributed by atoms with Gasteiger partial charge in [-0.05, 0) is 41.8 Å². The Labute approximate surface area is 121 Å². The molecule has 20 heavy (non-hydrogen) atoms. The smallest absolute Gasteiger partial charge is 0.218 e. The lowest BCUT2D eigenvalue weighted by Crippen LogP contribution is -2.58. The number of amides is 1. The molecular weight excluding hydrogens is 248 g/mol. The molecule has 1 fully saturated rings. The van der Waals surface area contributed by atoms with Crippen molar-refractivity contribution < 1.29 is 4.79 Å². The predicted molar refractivity (Wildman–Crippen MR) is 80.5 cm³/mol. The van der Waals surface area contributed by atoms with Crippen molar-refractivity contribution in [3.63, 3.8) is 0 Å². The van der Waals surface area contributed by atoms with E-state index in [1.54, 1.807) is 5.56 Å². The number of hydrogen-bond acceptors (Lipinski definition) is 2. The summed E-state index contributed by atoms with van der Waals surface area (Å²) in [4.78, 5) is 13.5. The first-order valence-electron chi connectivity index (χ1n) is 7.63. The van der Waals surface area contributed by atoms with Gasteiger partial charge in [-0.2, -0.15) is 0 Å². The van der Waals surface area contributed by atoms with E-state index in [9.17, 15) is 4.79 Å². The molecule has 1 aliphatic carbocycles. The van der Waals surface area contributed by atoms with Gasteiger partial charge in [0.15, 0.2) is 0 Å². The quantitative estimate of drug-likeness (QED) is 0.916. The fourth-order valence-electron chi connectivity index (χ4n) is 4.21. The number of benzene rings is 1. The van der Waals surface area contributed by atoms with Crippen molar-refractivity contribution in [3.05, 3.63) is 35.4 Å². The highest BCUT2D eigenvalue weighted by Crippen LogP contribution is 2.48. The number of piperidine rings is 1. The lowest BCUT2D eigenvalue weighted by molar-refractivity contribution is -0.118. The number of nitrogens with two attached hydrogens (primary N) is 1. The summed E-state index contributed by atoms with van der Waals surface area (Å²) in [5.41, 5.74) is 8.62. The number of nitrogens with zero attached hydrogens (tertiary/aromatic N) is 1. The maximum atomic E-state index is 11.1. The van der Waals surface area contributed by atoms with E-state index in [0.717, 1.165) is 19.5 Å². The first-order chi connectivity index (χ1) is 9.52. The predicted octanol–water partition coefficient (Wildman–Crippen LogP) is 2.09. The van der Waals surface area contributed by atoms with Crippen LogP contribution in [0.2, 0.25) is 0 Å². The summed E-state index contributed by atoms with van der Waals surface area (Å²) >= 11 is 0. The summed E-state index contributed by atoms with van der Waals surface area (Å²) in [6, 6.07) is 9.42. The molecule has 2 N–H and O–H groups in total. The molecule has 3 nitrogen and oxygen atoms in total. The average Bonchev–Trinajstić information content (AvgIpc) is 2.42. The zero-order chi connectivity index (χ0) is 14.3. The summed E-state index contributed by atoms with van der Waals surface area (Å²) in [5.74, 6) is 0.432. The Morgan fingerprint density at radius 1 is 1.45 bits per heavy atom. The van der Waals surface area contributed by atoms with E-state index in [-0.39, 0.29) is 11.3 Å². The normalized spacial score (nSPS) is 32.7. The highest BCUT2D eigenvalue weighted by molar-refractivity contribution is 5.73. The molecule has 2 bridgehead atoms. The van der Waals surface area contributed by atoms with Gasteiger partial charge in [-0.1, -0.05) is 38.1 Å². The van der Waals surface area contributed by atoms with Gasteiger partial charge >= 0.3 is 0 Å². The van der Waals surface area contributed by atoms with E-state index in [2.05, 4.69) is 43.0 Å². The molecule has 0 aromatic heterocycles. The van der Waals surface area contributed by atoms with Crippen LogP contribution in [-0.2, 0) is 16.6 Å². The summed E-state index contributed by atoms with van der Waals surface area (Å²) in [7, 11) is 0. The Kier molecular flexibility index (Phi) is 3.33. The Morgan fingerprint density at radius 3 is 2.95 bits per heavy atom. The van der Waals surface area contributed by atoms with Gasteiger partial charge in [0.25, 0.3) is 0 Å². The Morgan fingerprint density at radius 2 is 2.20 bits per heavy atom. The summed E-state index contributed by atoms with van der Waals surface area (Å²) in [6.45, 7) is 6.67. The first kappa shape index (κ1) is 13.6. The van der Waals surface area contributed by atoms with Gasteiger partial charge in [-0.25, -0.2) is 0 Å². The van der Waals surface area contributed by atoms with Crippen molar-refractivity contribution in [1.82, 2.24) is 4.90 Å². The van der Waals surface area contributed by atoms with Crippen molar-refractivity contribution in [3.8, 4) is 0 Å². The third kappa shape index (κ3) is 2.05. The van der Waals surface area contributed by atoms with E-state index < -0.39 is 0 Å². The first-order valence-corrected chi connectivity index (χ1v) is 7.63. The minimum absolute atomic E-state index is 0.192. The van der Waals surface area contributed by atoms with Crippen LogP contribution in [0.1, 0.15) is 37.8 Å². The fraction of sp³-hybridized carbons (Fsp3) is 0.588. The van der Waals surface area contributed by atoms with Crippen LogP contribution in [0.25, 0.3) is 0 Å². The van der Waals surface area contributed by atoms with Crippen molar-refractivity contribution in [2.75, 3.05) is 13.1 Å². The molecule has 2 aliphatic rings. The third-order valence-corrected chi connectivity index (χ3v) is 5.68. The van der Waals surface area contributed by atoms with Crippen LogP contribution in [0.3, 0.4) is 0 Å². The Hall–Kier alpha value is -1.35. The number of carbonyl (C=O) groups is 1. The zero-order valence-corrected chi connectivity index (χ0v) is 12.4. The van der Waals surface area contributed by atoms with Crippen LogP contribution in [0.5, 0.6) is 0 Å². The number of carbonyl (C=O) groups excluding carboxylic acids is 1. The average molecular weight is 272 g/mol. The van der Waals surface area contributed by atoms with Crippen molar-refractivity contribution in [2.45, 2.75) is 44.6 Å². The number of hydrogen-bond donors (Lipinski definition) is 1. The molecule has 108 valence electrons. The highest BCUT2D eigenvalue weighted by Gasteiger charge is 2.47. The molecule has 3 heteroatoms. The SMILES string of the molecule is CC1C2Cc3ccccc3C1(C)CCN2CCC(N)=O. The fourth-order valence-corrected chi connectivity index (χ4v) is 4.21. The van der Waals surface area contributed by atoms with Gasteiger partial charge in [-0.15, -0.1) is 0 Å². The van der Waals surface area contributed by atoms with Crippen molar-refractivity contribution in [2.24, 2.45) is 11.7 Å². The van der Waals surface area contributed by atoms with Crippen LogP contribution in [0.15, 0.2) is 24.3 Å². The van der Waals surface area contributed by atoms with Gasteiger partial charge in [0.1, 0.15) is 0 Å². The Balaban J connectivity index is 1.89. The molecule has 1 saturated heterocycles. The molecule has 0 radical (unpaired) electrons. The van der Waals surface area contributed by atoms with Crippen LogP contribution in [-0.4, -0.2) is 29.9 Å². The minimum Gasteiger partial charge on any atom is -0.370 e. The lowest BCUT2D eigenvalue weighted by Gasteiger charge is -2.54. The van der Waals surface area contributed by atoms with Gasteiger partial charge in [0.2, 0.25) is 5.91 Å². The summed E-state index contributed by atoms with van der Waals surface area (Å²) in [5, 5.41) is 0. The van der Waals surface area contributed by atoms with Gasteiger partial charge in [0.05, 0.1) is 0 Å². The molecule has 1 aromatic carbocycles. The van der Waals surface area contributed by atoms with Crippen LogP contribution in [0.4, 0.5) is 0 Å². The lowest BCUT2D eigenvalue weighted by atomic mass is 9.59. The molecule has 1 heterocycles. The minimum atomic E-state index is -0.192. The molecule has 0 spiro atoms. The molecule has 3 atom stereocenters. The van der Waals surface area contributed by atoms with E-state index in [1.807, 2.05) is 0 Å². The molecule has 3 rings (SSSR count). The van der Waals surface area contributed by atoms with Gasteiger partial charge in [-0.3, -0.25) is 9.69 Å². The summed E-state index contributed by atoms with van der Waals surface area (Å²) < 4.78 is 0. The third-order valence-electron chi connectivity index (χ3n) is 5.68. The molecule has 1 aliphatic heterocycles. The maximum absolute atomic E-state index is 11.1. The maximum Gasteiger partial charge on any atom is 0.218 e. The highest BCUT2D eigenvalue weighted by atomic mass is 16.1. The monoisotopic (exact) mass is 272 g/mol. The Bertz CT molecular complexity index is 527. The standard InChI is InChI=1S/C17H24N2O/c1-12-15-11-13-5-3-4-6-14(13)17(12,2)8-10-19(15)9-7-16(18)20/h3-6,12,15H,7-11H2,1-2H3,(H2,18,20). The zero-order valence-electron chi connectivity index (χ0n) is 12.4. The molecular formula is C17H24N2O. The van der Waals surface area contributed by atoms with Gasteiger partial charge in [0, 0.05) is 19.0 Å². The van der Waals surface area contributed by atoms with E-state index >= 15 is 0 Å². The second-order valence-electron chi connectivity index (χ2n) is 6.64. The summed E-state index contributed by atoms with van der Waals surface area (Å²) in [6.07, 6.45) is 2.74. The van der Waals surface area contributed by atoms with E-state index in [4.69, 9.17) is 5.73 Å². The number of fused-ring (bicyclic) bond motifs is 4. The number of primary amides is 1. The van der Waals surface area contributed by atoms with Crippen LogP contribution < -0.4 is 5.73 Å². The molecule has 3 unspecified atom stereocenters. The van der Waals surface area contributed by atoms with E-state index in [1.165, 1.54) is 12.0 Å². The topological polar surface area (TPSA) is 46.3 Å². The largest absolute Gasteiger partial charge is 0.370 e. The second kappa shape index (κ2) is 4.88. The van der Waals surface area contributed by atoms with Crippen LogP contribution >= 0.6 is 0 Å². The number of likely N-dealkylation sites (tertiary alicyclic amines) is 1. The van der Waals surface area contributed by atoms with Crippen molar-refractivity contribution >= 4 is 5.91 Å². The van der Waals surface area contributed by atoms with Crippen LogP contribution in [0, 0.1) is 5.92 Å². The van der Waals surface area contributed by atoms with Gasteiger partial charge < -0.3 is 5.73 Å². The number of rotatable bonds is 3.